The highest BCUT2D eigenvalue weighted by atomic mass is 127. The van der Waals surface area contributed by atoms with E-state index in [2.05, 4.69) is 58.5 Å². The first kappa shape index (κ1) is 19.5. The minimum Gasteiger partial charge on any atom is -0.354 e. The summed E-state index contributed by atoms with van der Waals surface area (Å²) in [5.74, 6) is 0.895. The minimum atomic E-state index is 0. The topological polar surface area (TPSA) is 45.5 Å². The molecule has 1 heterocycles. The van der Waals surface area contributed by atoms with Crippen LogP contribution in [0.15, 0.2) is 47.7 Å². The van der Waals surface area contributed by atoms with Gasteiger partial charge in [0.1, 0.15) is 0 Å². The molecule has 23 heavy (non-hydrogen) atoms. The zero-order chi connectivity index (χ0) is 15.8. The molecule has 5 nitrogen and oxygen atoms in total. The summed E-state index contributed by atoms with van der Waals surface area (Å²) in [6.45, 7) is 4.64. The van der Waals surface area contributed by atoms with Gasteiger partial charge in [-0.15, -0.1) is 24.0 Å². The number of halogens is 1. The van der Waals surface area contributed by atoms with Gasteiger partial charge in [0.25, 0.3) is 0 Å². The van der Waals surface area contributed by atoms with E-state index in [4.69, 9.17) is 0 Å². The molecule has 0 aliphatic carbocycles. The lowest BCUT2D eigenvalue weighted by atomic mass is 10.1. The summed E-state index contributed by atoms with van der Waals surface area (Å²) in [7, 11) is 3.86. The fraction of sp³-hybridized carbons (Fsp3) is 0.412. The number of hydrogen-bond donors (Lipinski definition) is 1. The van der Waals surface area contributed by atoms with Crippen LogP contribution in [-0.2, 0) is 19.5 Å². The molecule has 0 spiro atoms. The van der Waals surface area contributed by atoms with Crippen LogP contribution in [0.25, 0.3) is 0 Å². The third-order valence-electron chi connectivity index (χ3n) is 3.61. The Kier molecular flexibility index (Phi) is 8.68. The summed E-state index contributed by atoms with van der Waals surface area (Å²) in [5, 5.41) is 7.56. The molecule has 126 valence electrons. The van der Waals surface area contributed by atoms with Gasteiger partial charge >= 0.3 is 0 Å². The Hall–Kier alpha value is -1.57. The van der Waals surface area contributed by atoms with Gasteiger partial charge in [0.15, 0.2) is 5.96 Å². The Bertz CT molecular complexity index is 578. The number of nitrogens with zero attached hydrogens (tertiary/aromatic N) is 4. The lowest BCUT2D eigenvalue weighted by Crippen LogP contribution is -2.39. The van der Waals surface area contributed by atoms with Gasteiger partial charge in [0, 0.05) is 39.6 Å². The lowest BCUT2D eigenvalue weighted by molar-refractivity contribution is 0.470. The van der Waals surface area contributed by atoms with Crippen molar-refractivity contribution in [3.63, 3.8) is 0 Å². The molecule has 0 amide bonds. The molecular weight excluding hydrogens is 401 g/mol. The van der Waals surface area contributed by atoms with Gasteiger partial charge in [-0.25, -0.2) is 0 Å². The van der Waals surface area contributed by atoms with Gasteiger partial charge < -0.3 is 10.2 Å². The monoisotopic (exact) mass is 427 g/mol. The van der Waals surface area contributed by atoms with Crippen LogP contribution < -0.4 is 5.32 Å². The Morgan fingerprint density at radius 1 is 1.26 bits per heavy atom. The van der Waals surface area contributed by atoms with Gasteiger partial charge in [-0.2, -0.15) is 5.10 Å². The van der Waals surface area contributed by atoms with E-state index in [9.17, 15) is 0 Å². The van der Waals surface area contributed by atoms with Crippen molar-refractivity contribution in [1.29, 1.82) is 0 Å². The third-order valence-corrected chi connectivity index (χ3v) is 3.61. The molecule has 2 aromatic rings. The fourth-order valence-electron chi connectivity index (χ4n) is 2.33. The number of benzene rings is 1. The first-order valence-corrected chi connectivity index (χ1v) is 7.70. The summed E-state index contributed by atoms with van der Waals surface area (Å²) in [6, 6.07) is 10.7. The van der Waals surface area contributed by atoms with Crippen molar-refractivity contribution in [2.75, 3.05) is 20.6 Å². The van der Waals surface area contributed by atoms with Crippen molar-refractivity contribution in [3.8, 4) is 0 Å². The maximum atomic E-state index is 4.34. The van der Waals surface area contributed by atoms with Crippen LogP contribution in [0, 0.1) is 0 Å². The molecule has 0 unspecified atom stereocenters. The van der Waals surface area contributed by atoms with Crippen molar-refractivity contribution >= 4 is 29.9 Å². The van der Waals surface area contributed by atoms with Crippen molar-refractivity contribution in [3.05, 3.63) is 53.9 Å². The molecule has 0 aliphatic heterocycles. The second kappa shape index (κ2) is 10.3. The predicted molar refractivity (Wildman–Crippen MR) is 106 cm³/mol. The molecule has 6 heteroatoms. The number of rotatable bonds is 6. The van der Waals surface area contributed by atoms with E-state index in [1.165, 1.54) is 11.1 Å². The van der Waals surface area contributed by atoms with Gasteiger partial charge in [0.05, 0.1) is 6.54 Å². The van der Waals surface area contributed by atoms with Crippen molar-refractivity contribution in [2.24, 2.45) is 4.99 Å². The quantitative estimate of drug-likeness (QED) is 0.438. The molecule has 0 radical (unpaired) electrons. The zero-order valence-corrected chi connectivity index (χ0v) is 16.4. The van der Waals surface area contributed by atoms with Crippen molar-refractivity contribution in [1.82, 2.24) is 20.0 Å². The molecule has 0 atom stereocenters. The molecule has 0 bridgehead atoms. The van der Waals surface area contributed by atoms with E-state index in [0.29, 0.717) is 0 Å². The van der Waals surface area contributed by atoms with Crippen LogP contribution in [-0.4, -0.2) is 41.3 Å². The number of nitrogens with one attached hydrogen (secondary N) is 1. The van der Waals surface area contributed by atoms with Crippen molar-refractivity contribution in [2.45, 2.75) is 26.4 Å². The summed E-state index contributed by atoms with van der Waals surface area (Å²) in [4.78, 5) is 6.47. The maximum Gasteiger partial charge on any atom is 0.193 e. The van der Waals surface area contributed by atoms with Gasteiger partial charge in [-0.3, -0.25) is 9.67 Å². The molecule has 0 saturated carbocycles. The number of aliphatic imine (C=N–C) groups is 1. The van der Waals surface area contributed by atoms with Crippen LogP contribution in [0.5, 0.6) is 0 Å². The molecule has 1 N–H and O–H groups in total. The van der Waals surface area contributed by atoms with E-state index in [1.807, 2.05) is 24.0 Å². The van der Waals surface area contributed by atoms with Crippen LogP contribution >= 0.6 is 24.0 Å². The predicted octanol–water partition coefficient (Wildman–Crippen LogP) is 2.77. The largest absolute Gasteiger partial charge is 0.354 e. The summed E-state index contributed by atoms with van der Waals surface area (Å²) >= 11 is 0. The van der Waals surface area contributed by atoms with E-state index in [-0.39, 0.29) is 24.0 Å². The first-order chi connectivity index (χ1) is 10.7. The van der Waals surface area contributed by atoms with Gasteiger partial charge in [-0.05, 0) is 23.6 Å². The highest BCUT2D eigenvalue weighted by Crippen LogP contribution is 2.07. The van der Waals surface area contributed by atoms with Crippen LogP contribution in [0.2, 0.25) is 0 Å². The summed E-state index contributed by atoms with van der Waals surface area (Å²) < 4.78 is 1.91. The molecule has 1 aromatic heterocycles. The summed E-state index contributed by atoms with van der Waals surface area (Å²) in [6.07, 6.45) is 4.83. The second-order valence-electron chi connectivity index (χ2n) is 5.27. The number of hydrogen-bond acceptors (Lipinski definition) is 2. The van der Waals surface area contributed by atoms with Crippen molar-refractivity contribution < 1.29 is 0 Å². The second-order valence-corrected chi connectivity index (χ2v) is 5.27. The maximum absolute atomic E-state index is 4.34. The zero-order valence-electron chi connectivity index (χ0n) is 14.1. The molecule has 2 rings (SSSR count). The van der Waals surface area contributed by atoms with Crippen LogP contribution in [0.1, 0.15) is 18.1 Å². The fourth-order valence-corrected chi connectivity index (χ4v) is 2.33. The Balaban J connectivity index is 0.00000264. The standard InChI is InChI=1S/C17H25N5.HI/c1-4-15-6-8-16(9-7-15)14-21(3)17(18-2)19-11-13-22-12-5-10-20-22;/h5-10,12H,4,11,13-14H2,1-3H3,(H,18,19);1H. The Morgan fingerprint density at radius 2 is 1.96 bits per heavy atom. The Morgan fingerprint density at radius 3 is 2.52 bits per heavy atom. The average Bonchev–Trinajstić information content (AvgIpc) is 3.05. The molecule has 0 fully saturated rings. The first-order valence-electron chi connectivity index (χ1n) is 7.70. The lowest BCUT2D eigenvalue weighted by Gasteiger charge is -2.22. The number of aryl methyl sites for hydroxylation is 1. The highest BCUT2D eigenvalue weighted by molar-refractivity contribution is 14.0. The van der Waals surface area contributed by atoms with E-state index in [0.717, 1.165) is 32.0 Å². The SMILES string of the molecule is CCc1ccc(CN(C)C(=NC)NCCn2cccn2)cc1.I. The van der Waals surface area contributed by atoms with Gasteiger partial charge in [0.2, 0.25) is 0 Å². The minimum absolute atomic E-state index is 0. The highest BCUT2D eigenvalue weighted by Gasteiger charge is 2.06. The Labute approximate surface area is 155 Å². The third kappa shape index (κ3) is 6.21. The van der Waals surface area contributed by atoms with E-state index in [1.54, 1.807) is 6.20 Å². The smallest absolute Gasteiger partial charge is 0.193 e. The number of aromatic nitrogens is 2. The van der Waals surface area contributed by atoms with Crippen LogP contribution in [0.4, 0.5) is 0 Å². The van der Waals surface area contributed by atoms with E-state index >= 15 is 0 Å². The molecule has 1 aromatic carbocycles. The summed E-state index contributed by atoms with van der Waals surface area (Å²) in [5.41, 5.74) is 2.66. The average molecular weight is 427 g/mol. The van der Waals surface area contributed by atoms with Gasteiger partial charge in [-0.1, -0.05) is 31.2 Å². The number of guanidine groups is 1. The van der Waals surface area contributed by atoms with E-state index < -0.39 is 0 Å². The van der Waals surface area contributed by atoms with Crippen LogP contribution in [0.3, 0.4) is 0 Å². The normalized spacial score (nSPS) is 11.0. The molecule has 0 aliphatic rings. The molecular formula is C17H26IN5. The molecule has 0 saturated heterocycles.